The second-order valence-electron chi connectivity index (χ2n) is 8.16. The first-order chi connectivity index (χ1) is 16.3. The molecule has 3 aromatic rings. The smallest absolute Gasteiger partial charge is 0.251 e. The highest BCUT2D eigenvalue weighted by atomic mass is 35.5. The van der Waals surface area contributed by atoms with E-state index in [1.165, 1.54) is 0 Å². The third-order valence-corrected chi connectivity index (χ3v) is 6.09. The summed E-state index contributed by atoms with van der Waals surface area (Å²) < 4.78 is 13.0. The van der Waals surface area contributed by atoms with E-state index in [-0.39, 0.29) is 11.8 Å². The van der Waals surface area contributed by atoms with E-state index in [1.54, 1.807) is 43.1 Å². The molecule has 2 N–H and O–H groups in total. The summed E-state index contributed by atoms with van der Waals surface area (Å²) in [5.41, 5.74) is 2.82. The van der Waals surface area contributed by atoms with E-state index in [2.05, 4.69) is 15.7 Å². The molecule has 2 aromatic carbocycles. The van der Waals surface area contributed by atoms with Crippen molar-refractivity contribution in [3.8, 4) is 11.5 Å². The van der Waals surface area contributed by atoms with Crippen molar-refractivity contribution in [3.05, 3.63) is 69.9 Å². The predicted octanol–water partition coefficient (Wildman–Crippen LogP) is 4.06. The molecule has 2 atom stereocenters. The molecule has 34 heavy (non-hydrogen) atoms. The van der Waals surface area contributed by atoms with Crippen LogP contribution in [0.15, 0.2) is 42.5 Å². The summed E-state index contributed by atoms with van der Waals surface area (Å²) in [6.07, 6.45) is 0.838. The summed E-state index contributed by atoms with van der Waals surface area (Å²) in [4.78, 5) is 26.3. The number of aryl methyl sites for hydroxylation is 2. The second-order valence-corrected chi connectivity index (χ2v) is 8.59. The molecule has 1 aliphatic rings. The Morgan fingerprint density at radius 2 is 1.94 bits per heavy atom. The zero-order valence-electron chi connectivity index (χ0n) is 19.5. The maximum atomic E-state index is 13.3. The number of carbonyl (C=O) groups excluding carboxylic acids is 2. The van der Waals surface area contributed by atoms with Gasteiger partial charge < -0.3 is 20.1 Å². The minimum atomic E-state index is -0.869. The molecular formula is C25H27ClN4O4. The van der Waals surface area contributed by atoms with Crippen LogP contribution in [0.5, 0.6) is 11.5 Å². The van der Waals surface area contributed by atoms with Gasteiger partial charge in [0.15, 0.2) is 11.5 Å². The van der Waals surface area contributed by atoms with Gasteiger partial charge in [0.25, 0.3) is 5.91 Å². The average molecular weight is 483 g/mol. The molecule has 0 saturated carbocycles. The second kappa shape index (κ2) is 9.77. The standard InChI is InChI=1S/C25H27ClN4O4/c1-5-12-34-19-13-16(8-11-18(19)33-4)21-20-14(2)29-30(3)23(20)28-25(32)22(21)27-24(31)15-6-9-17(26)10-7-15/h6-11,13,21-22H,5,12H2,1-4H3,(H,27,31)(H,28,32)/t21-,22-/m0/s1. The molecule has 2 amide bonds. The fraction of sp³-hybridized carbons (Fsp3) is 0.320. The maximum absolute atomic E-state index is 13.3. The molecule has 2 heterocycles. The number of nitrogens with zero attached hydrogens (tertiary/aromatic N) is 2. The van der Waals surface area contributed by atoms with E-state index in [0.29, 0.717) is 34.5 Å². The first kappa shape index (κ1) is 23.6. The van der Waals surface area contributed by atoms with Crippen LogP contribution in [0.25, 0.3) is 0 Å². The highest BCUT2D eigenvalue weighted by molar-refractivity contribution is 6.30. The third kappa shape index (κ3) is 4.46. The number of aromatic nitrogens is 2. The largest absolute Gasteiger partial charge is 0.493 e. The summed E-state index contributed by atoms with van der Waals surface area (Å²) in [7, 11) is 3.36. The number of halogens is 1. The number of ether oxygens (including phenoxy) is 2. The highest BCUT2D eigenvalue weighted by Gasteiger charge is 2.41. The number of methoxy groups -OCH3 is 1. The fourth-order valence-electron chi connectivity index (χ4n) is 4.25. The van der Waals surface area contributed by atoms with Crippen LogP contribution >= 0.6 is 11.6 Å². The normalized spacial score (nSPS) is 17.0. The molecule has 0 fully saturated rings. The molecular weight excluding hydrogens is 456 g/mol. The van der Waals surface area contributed by atoms with Crippen molar-refractivity contribution in [1.82, 2.24) is 15.1 Å². The Morgan fingerprint density at radius 3 is 2.62 bits per heavy atom. The van der Waals surface area contributed by atoms with Crippen LogP contribution in [-0.2, 0) is 11.8 Å². The van der Waals surface area contributed by atoms with Crippen molar-refractivity contribution in [3.63, 3.8) is 0 Å². The van der Waals surface area contributed by atoms with Crippen molar-refractivity contribution >= 4 is 29.2 Å². The van der Waals surface area contributed by atoms with Crippen molar-refractivity contribution in [2.75, 3.05) is 19.0 Å². The molecule has 0 bridgehead atoms. The Labute approximate surface area is 203 Å². The fourth-order valence-corrected chi connectivity index (χ4v) is 4.38. The van der Waals surface area contributed by atoms with Crippen LogP contribution in [0.3, 0.4) is 0 Å². The van der Waals surface area contributed by atoms with E-state index in [4.69, 9.17) is 21.1 Å². The molecule has 0 aliphatic carbocycles. The average Bonchev–Trinajstić information content (AvgIpc) is 3.10. The molecule has 0 radical (unpaired) electrons. The minimum Gasteiger partial charge on any atom is -0.493 e. The number of hydrogen-bond acceptors (Lipinski definition) is 5. The Morgan fingerprint density at radius 1 is 1.21 bits per heavy atom. The van der Waals surface area contributed by atoms with Crippen molar-refractivity contribution in [2.24, 2.45) is 7.05 Å². The highest BCUT2D eigenvalue weighted by Crippen LogP contribution is 2.41. The number of rotatable bonds is 7. The Kier molecular flexibility index (Phi) is 6.79. The van der Waals surface area contributed by atoms with Gasteiger partial charge in [-0.2, -0.15) is 5.10 Å². The number of carbonyl (C=O) groups is 2. The summed E-state index contributed by atoms with van der Waals surface area (Å²) >= 11 is 5.96. The van der Waals surface area contributed by atoms with Crippen LogP contribution in [-0.4, -0.2) is 41.4 Å². The summed E-state index contributed by atoms with van der Waals surface area (Å²) in [6, 6.07) is 11.2. The van der Waals surface area contributed by atoms with Crippen LogP contribution in [0.1, 0.15) is 46.4 Å². The van der Waals surface area contributed by atoms with Crippen LogP contribution in [0.4, 0.5) is 5.82 Å². The lowest BCUT2D eigenvalue weighted by Gasteiger charge is -2.33. The van der Waals surface area contributed by atoms with Gasteiger partial charge in [0.05, 0.1) is 19.4 Å². The Balaban J connectivity index is 1.79. The lowest BCUT2D eigenvalue weighted by Crippen LogP contribution is -2.50. The van der Waals surface area contributed by atoms with Crippen LogP contribution in [0, 0.1) is 6.92 Å². The molecule has 0 saturated heterocycles. The minimum absolute atomic E-state index is 0.324. The van der Waals surface area contributed by atoms with Gasteiger partial charge in [0.2, 0.25) is 5.91 Å². The summed E-state index contributed by atoms with van der Waals surface area (Å²) in [6.45, 7) is 4.44. The Bertz CT molecular complexity index is 1220. The zero-order chi connectivity index (χ0) is 24.4. The first-order valence-electron chi connectivity index (χ1n) is 11.1. The quantitative estimate of drug-likeness (QED) is 0.529. The Hall–Kier alpha value is -3.52. The van der Waals surface area contributed by atoms with Gasteiger partial charge >= 0.3 is 0 Å². The van der Waals surface area contributed by atoms with Crippen molar-refractivity contribution < 1.29 is 19.1 Å². The number of hydrogen-bond donors (Lipinski definition) is 2. The van der Waals surface area contributed by atoms with Gasteiger partial charge in [-0.05, 0) is 55.3 Å². The summed E-state index contributed by atoms with van der Waals surface area (Å²) in [5, 5.41) is 10.9. The van der Waals surface area contributed by atoms with E-state index >= 15 is 0 Å². The molecule has 178 valence electrons. The molecule has 4 rings (SSSR count). The monoisotopic (exact) mass is 482 g/mol. The number of nitrogens with one attached hydrogen (secondary N) is 2. The van der Waals surface area contributed by atoms with Crippen LogP contribution < -0.4 is 20.1 Å². The topological polar surface area (TPSA) is 94.5 Å². The van der Waals surface area contributed by atoms with Crippen molar-refractivity contribution in [1.29, 1.82) is 0 Å². The third-order valence-electron chi connectivity index (χ3n) is 5.84. The number of fused-ring (bicyclic) bond motifs is 1. The first-order valence-corrected chi connectivity index (χ1v) is 11.4. The summed E-state index contributed by atoms with van der Waals surface area (Å²) in [5.74, 6) is 0.610. The van der Waals surface area contributed by atoms with Gasteiger partial charge in [0, 0.05) is 29.1 Å². The molecule has 8 nitrogen and oxygen atoms in total. The zero-order valence-corrected chi connectivity index (χ0v) is 20.3. The lowest BCUT2D eigenvalue weighted by molar-refractivity contribution is -0.118. The number of amides is 2. The van der Waals surface area contributed by atoms with E-state index in [0.717, 1.165) is 23.2 Å². The number of benzene rings is 2. The molecule has 0 unspecified atom stereocenters. The van der Waals surface area contributed by atoms with E-state index in [1.807, 2.05) is 32.0 Å². The van der Waals surface area contributed by atoms with Gasteiger partial charge in [-0.3, -0.25) is 14.3 Å². The van der Waals surface area contributed by atoms with Gasteiger partial charge in [-0.1, -0.05) is 24.6 Å². The maximum Gasteiger partial charge on any atom is 0.251 e. The van der Waals surface area contributed by atoms with Crippen molar-refractivity contribution in [2.45, 2.75) is 32.2 Å². The molecule has 1 aliphatic heterocycles. The van der Waals surface area contributed by atoms with Crippen LogP contribution in [0.2, 0.25) is 5.02 Å². The van der Waals surface area contributed by atoms with Gasteiger partial charge in [-0.15, -0.1) is 0 Å². The number of anilines is 1. The SMILES string of the molecule is CCCOc1cc([C@H]2c3c(C)nn(C)c3NC(=O)[C@H]2NC(=O)c2ccc(Cl)cc2)ccc1OC. The lowest BCUT2D eigenvalue weighted by atomic mass is 9.81. The molecule has 1 aromatic heterocycles. The molecule has 9 heteroatoms. The predicted molar refractivity (Wildman–Crippen MR) is 130 cm³/mol. The van der Waals surface area contributed by atoms with E-state index in [9.17, 15) is 9.59 Å². The van der Waals surface area contributed by atoms with E-state index < -0.39 is 12.0 Å². The van der Waals surface area contributed by atoms with Gasteiger partial charge in [-0.25, -0.2) is 0 Å². The van der Waals surface area contributed by atoms with Gasteiger partial charge in [0.1, 0.15) is 11.9 Å². The molecule has 0 spiro atoms.